The number of hydrogen-bond donors (Lipinski definition) is 0. The minimum Gasteiger partial charge on any atom is -0.370 e. The molecule has 0 atom stereocenters. The number of halogens is 3. The van der Waals surface area contributed by atoms with Crippen LogP contribution in [0.1, 0.15) is 11.1 Å². The van der Waals surface area contributed by atoms with Gasteiger partial charge in [-0.25, -0.2) is 4.39 Å². The zero-order valence-corrected chi connectivity index (χ0v) is 12.9. The van der Waals surface area contributed by atoms with E-state index >= 15 is 0 Å². The normalized spacial score (nSPS) is 10.5. The Bertz CT molecular complexity index is 557. The van der Waals surface area contributed by atoms with Gasteiger partial charge in [0.25, 0.3) is 0 Å². The number of benzene rings is 2. The van der Waals surface area contributed by atoms with Gasteiger partial charge in [-0.15, -0.1) is 0 Å². The molecule has 2 rings (SSSR count). The van der Waals surface area contributed by atoms with E-state index in [9.17, 15) is 4.39 Å². The average Bonchev–Trinajstić information content (AvgIpc) is 2.41. The van der Waals surface area contributed by atoms with Crippen LogP contribution in [0.4, 0.5) is 10.1 Å². The molecule has 0 radical (unpaired) electrons. The van der Waals surface area contributed by atoms with Crippen molar-refractivity contribution in [3.05, 3.63) is 64.4 Å². The highest BCUT2D eigenvalue weighted by Gasteiger charge is 2.08. The van der Waals surface area contributed by atoms with Crippen LogP contribution >= 0.6 is 27.5 Å². The first-order valence-corrected chi connectivity index (χ1v) is 7.40. The number of rotatable bonds is 4. The highest BCUT2D eigenvalue weighted by Crippen LogP contribution is 2.26. The molecule has 0 unspecified atom stereocenters. The quantitative estimate of drug-likeness (QED) is 0.706. The molecule has 0 saturated carbocycles. The largest absolute Gasteiger partial charge is 0.370 e. The summed E-state index contributed by atoms with van der Waals surface area (Å²) in [6, 6.07) is 12.4. The van der Waals surface area contributed by atoms with Gasteiger partial charge in [-0.1, -0.05) is 39.7 Å². The third kappa shape index (κ3) is 3.71. The van der Waals surface area contributed by atoms with E-state index < -0.39 is 0 Å². The molecule has 0 aromatic heterocycles. The molecule has 0 aliphatic carbocycles. The fraction of sp³-hybridized carbons (Fsp3) is 0.200. The average molecular weight is 343 g/mol. The minimum absolute atomic E-state index is 0.209. The van der Waals surface area contributed by atoms with Crippen molar-refractivity contribution < 1.29 is 4.39 Å². The second kappa shape index (κ2) is 6.40. The van der Waals surface area contributed by atoms with Crippen LogP contribution in [0, 0.1) is 5.82 Å². The highest BCUT2D eigenvalue weighted by atomic mass is 79.9. The summed E-state index contributed by atoms with van der Waals surface area (Å²) in [5, 5.41) is 1.48. The maximum Gasteiger partial charge on any atom is 0.123 e. The molecular weight excluding hydrogens is 329 g/mol. The molecule has 2 aromatic carbocycles. The van der Waals surface area contributed by atoms with Gasteiger partial charge in [0.2, 0.25) is 0 Å². The SMILES string of the molecule is CN(Cc1ccc(F)cc1)c1ccc(Cl)cc1CBr. The summed E-state index contributed by atoms with van der Waals surface area (Å²) in [5.74, 6) is -0.209. The Morgan fingerprint density at radius 3 is 2.47 bits per heavy atom. The van der Waals surface area contributed by atoms with E-state index in [1.165, 1.54) is 12.1 Å². The fourth-order valence-electron chi connectivity index (χ4n) is 1.98. The van der Waals surface area contributed by atoms with Gasteiger partial charge in [0.05, 0.1) is 0 Å². The highest BCUT2D eigenvalue weighted by molar-refractivity contribution is 9.08. The molecule has 0 N–H and O–H groups in total. The fourth-order valence-corrected chi connectivity index (χ4v) is 2.63. The Labute approximate surface area is 126 Å². The molecule has 1 nitrogen and oxygen atoms in total. The lowest BCUT2D eigenvalue weighted by Crippen LogP contribution is -2.17. The number of nitrogens with zero attached hydrogens (tertiary/aromatic N) is 1. The summed E-state index contributed by atoms with van der Waals surface area (Å²) >= 11 is 9.47. The molecule has 0 heterocycles. The topological polar surface area (TPSA) is 3.24 Å². The second-order valence-corrected chi connectivity index (χ2v) is 5.39. The molecule has 2 aromatic rings. The van der Waals surface area contributed by atoms with E-state index in [2.05, 4.69) is 20.8 Å². The summed E-state index contributed by atoms with van der Waals surface area (Å²) in [6.45, 7) is 0.724. The van der Waals surface area contributed by atoms with Gasteiger partial charge in [-0.3, -0.25) is 0 Å². The Balaban J connectivity index is 2.19. The Morgan fingerprint density at radius 1 is 1.16 bits per heavy atom. The Morgan fingerprint density at radius 2 is 1.84 bits per heavy atom. The first-order chi connectivity index (χ1) is 9.10. The molecule has 100 valence electrons. The standard InChI is InChI=1S/C15H14BrClFN/c1-19(10-11-2-5-14(18)6-3-11)15-7-4-13(17)8-12(15)9-16/h2-8H,9-10H2,1H3. The lowest BCUT2D eigenvalue weighted by Gasteiger charge is -2.22. The molecule has 0 spiro atoms. The predicted molar refractivity (Wildman–Crippen MR) is 82.6 cm³/mol. The molecule has 0 fully saturated rings. The van der Waals surface area contributed by atoms with Gasteiger partial charge in [-0.2, -0.15) is 0 Å². The molecule has 0 aliphatic rings. The monoisotopic (exact) mass is 341 g/mol. The van der Waals surface area contributed by atoms with Gasteiger partial charge in [0.1, 0.15) is 5.82 Å². The number of alkyl halides is 1. The number of hydrogen-bond acceptors (Lipinski definition) is 1. The van der Waals surface area contributed by atoms with Crippen molar-refractivity contribution in [2.24, 2.45) is 0 Å². The van der Waals surface area contributed by atoms with Crippen LogP contribution < -0.4 is 4.90 Å². The van der Waals surface area contributed by atoms with Crippen LogP contribution in [0.25, 0.3) is 0 Å². The minimum atomic E-state index is -0.209. The van der Waals surface area contributed by atoms with Crippen LogP contribution in [0.2, 0.25) is 5.02 Å². The maximum absolute atomic E-state index is 12.9. The zero-order valence-electron chi connectivity index (χ0n) is 10.5. The van der Waals surface area contributed by atoms with E-state index in [4.69, 9.17) is 11.6 Å². The third-order valence-corrected chi connectivity index (χ3v) is 3.77. The summed E-state index contributed by atoms with van der Waals surface area (Å²) < 4.78 is 12.9. The summed E-state index contributed by atoms with van der Waals surface area (Å²) in [4.78, 5) is 2.13. The molecule has 19 heavy (non-hydrogen) atoms. The van der Waals surface area contributed by atoms with Gasteiger partial charge >= 0.3 is 0 Å². The van der Waals surface area contributed by atoms with Crippen molar-refractivity contribution in [1.82, 2.24) is 0 Å². The zero-order chi connectivity index (χ0) is 13.8. The molecule has 0 amide bonds. The van der Waals surface area contributed by atoms with Crippen LogP contribution in [-0.2, 0) is 11.9 Å². The second-order valence-electron chi connectivity index (χ2n) is 4.39. The van der Waals surface area contributed by atoms with Crippen LogP contribution in [0.3, 0.4) is 0 Å². The van der Waals surface area contributed by atoms with Crippen molar-refractivity contribution in [3.63, 3.8) is 0 Å². The molecule has 4 heteroatoms. The molecule has 0 saturated heterocycles. The molecule has 0 aliphatic heterocycles. The van der Waals surface area contributed by atoms with Gasteiger partial charge < -0.3 is 4.90 Å². The van der Waals surface area contributed by atoms with E-state index in [0.717, 1.165) is 33.7 Å². The lowest BCUT2D eigenvalue weighted by atomic mass is 10.1. The summed E-state index contributed by atoms with van der Waals surface area (Å²) in [5.41, 5.74) is 3.32. The predicted octanol–water partition coefficient (Wildman–Crippen LogP) is 5.01. The number of anilines is 1. The van der Waals surface area contributed by atoms with Crippen molar-refractivity contribution in [1.29, 1.82) is 0 Å². The van der Waals surface area contributed by atoms with Crippen LogP contribution in [-0.4, -0.2) is 7.05 Å². The maximum atomic E-state index is 12.9. The first kappa shape index (κ1) is 14.4. The van der Waals surface area contributed by atoms with E-state index in [1.807, 2.05) is 25.2 Å². The van der Waals surface area contributed by atoms with Crippen molar-refractivity contribution in [2.75, 3.05) is 11.9 Å². The van der Waals surface area contributed by atoms with E-state index in [0.29, 0.717) is 0 Å². The smallest absolute Gasteiger partial charge is 0.123 e. The van der Waals surface area contributed by atoms with Gasteiger partial charge in [0, 0.05) is 29.6 Å². The van der Waals surface area contributed by atoms with Crippen molar-refractivity contribution in [2.45, 2.75) is 11.9 Å². The summed E-state index contributed by atoms with van der Waals surface area (Å²) in [6.07, 6.45) is 0. The summed E-state index contributed by atoms with van der Waals surface area (Å²) in [7, 11) is 2.01. The van der Waals surface area contributed by atoms with Crippen molar-refractivity contribution >= 4 is 33.2 Å². The van der Waals surface area contributed by atoms with Gasteiger partial charge in [0.15, 0.2) is 0 Å². The van der Waals surface area contributed by atoms with Crippen molar-refractivity contribution in [3.8, 4) is 0 Å². The van der Waals surface area contributed by atoms with E-state index in [1.54, 1.807) is 12.1 Å². The first-order valence-electron chi connectivity index (χ1n) is 5.90. The van der Waals surface area contributed by atoms with Gasteiger partial charge in [-0.05, 0) is 41.5 Å². The Kier molecular flexibility index (Phi) is 4.83. The van der Waals surface area contributed by atoms with E-state index in [-0.39, 0.29) is 5.82 Å². The van der Waals surface area contributed by atoms with Crippen LogP contribution in [0.5, 0.6) is 0 Å². The molecule has 0 bridgehead atoms. The lowest BCUT2D eigenvalue weighted by molar-refractivity contribution is 0.627. The molecular formula is C15H14BrClFN. The third-order valence-electron chi connectivity index (χ3n) is 2.93. The Hall–Kier alpha value is -1.06. The van der Waals surface area contributed by atoms with Crippen LogP contribution in [0.15, 0.2) is 42.5 Å².